The molecule has 0 atom stereocenters. The molecule has 3 N–H and O–H groups in total. The fourth-order valence-corrected chi connectivity index (χ4v) is 8.99. The van der Waals surface area contributed by atoms with Crippen molar-refractivity contribution in [1.29, 1.82) is 0 Å². The van der Waals surface area contributed by atoms with E-state index >= 15 is 0 Å². The number of carbonyl (C=O) groups is 1. The van der Waals surface area contributed by atoms with Crippen molar-refractivity contribution in [2.24, 2.45) is 0 Å². The third-order valence-corrected chi connectivity index (χ3v) is 12.9. The van der Waals surface area contributed by atoms with E-state index < -0.39 is 19.8 Å². The number of aromatic amines is 2. The molecule has 6 aromatic rings. The highest BCUT2D eigenvalue weighted by Crippen LogP contribution is 2.38. The van der Waals surface area contributed by atoms with Crippen LogP contribution in [0.15, 0.2) is 97.1 Å². The molecule has 0 fully saturated rings. The first-order chi connectivity index (χ1) is 37.7. The topological polar surface area (TPSA) is 170 Å². The minimum Gasteiger partial charge on any atom is -0.491 e. The van der Waals surface area contributed by atoms with Gasteiger partial charge in [-0.2, -0.15) is 0 Å². The molecule has 0 radical (unpaired) electrons. The summed E-state index contributed by atoms with van der Waals surface area (Å²) in [5, 5.41) is 2.87. The molecular weight excluding hydrogens is 1000 g/mol. The summed E-state index contributed by atoms with van der Waals surface area (Å²) in [5.74, 6) is 4.97. The fraction of sp³-hybridized carbons (Fsp3) is 0.339. The van der Waals surface area contributed by atoms with E-state index in [4.69, 9.17) is 52.6 Å². The number of H-pyrrole nitrogens is 2. The summed E-state index contributed by atoms with van der Waals surface area (Å²) in [6.07, 6.45) is 7.65. The molecule has 3 aromatic heterocycles. The average molecular weight is 1070 g/mol. The number of amides is 1. The van der Waals surface area contributed by atoms with E-state index in [1.54, 1.807) is 14.2 Å². The second-order valence-corrected chi connectivity index (χ2v) is 25.1. The number of fused-ring (bicyclic) bond motifs is 8. The lowest BCUT2D eigenvalue weighted by molar-refractivity contribution is 0.0180. The van der Waals surface area contributed by atoms with Gasteiger partial charge in [0.2, 0.25) is 0 Å². The van der Waals surface area contributed by atoms with Crippen LogP contribution in [0, 0.1) is 11.5 Å². The van der Waals surface area contributed by atoms with Gasteiger partial charge in [-0.3, -0.25) is 5.32 Å². The molecular formula is C62H71N5O10Si. The van der Waals surface area contributed by atoms with Crippen molar-refractivity contribution in [2.75, 3.05) is 98.8 Å². The third kappa shape index (κ3) is 16.1. The van der Waals surface area contributed by atoms with Crippen molar-refractivity contribution in [2.45, 2.75) is 46.0 Å². The Balaban J connectivity index is 1.27. The summed E-state index contributed by atoms with van der Waals surface area (Å²) in [6, 6.07) is 32.0. The van der Waals surface area contributed by atoms with E-state index in [0.29, 0.717) is 96.5 Å². The van der Waals surface area contributed by atoms with Gasteiger partial charge in [0, 0.05) is 53.1 Å². The molecule has 8 rings (SSSR count). The minimum absolute atomic E-state index is 0.356. The highest BCUT2D eigenvalue weighted by molar-refractivity contribution is 6.83. The van der Waals surface area contributed by atoms with Crippen molar-refractivity contribution >= 4 is 66.2 Å². The Hall–Kier alpha value is -7.33. The molecule has 15 nitrogen and oxygen atoms in total. The summed E-state index contributed by atoms with van der Waals surface area (Å²) in [7, 11) is 1.43. The van der Waals surface area contributed by atoms with Gasteiger partial charge in [0.05, 0.1) is 99.9 Å². The van der Waals surface area contributed by atoms with Crippen molar-refractivity contribution in [3.05, 3.63) is 125 Å². The smallest absolute Gasteiger partial charge is 0.412 e. The molecule has 1 amide bonds. The first-order valence-corrected chi connectivity index (χ1v) is 29.8. The second kappa shape index (κ2) is 27.3. The van der Waals surface area contributed by atoms with Crippen molar-refractivity contribution in [3.8, 4) is 56.3 Å². The molecule has 8 bridgehead atoms. The Morgan fingerprint density at radius 3 is 1.42 bits per heavy atom. The summed E-state index contributed by atoms with van der Waals surface area (Å²) in [4.78, 5) is 31.3. The minimum atomic E-state index is -1.87. The summed E-state index contributed by atoms with van der Waals surface area (Å²) in [5.41, 5.74) is 15.8. The third-order valence-electron chi connectivity index (χ3n) is 12.0. The molecule has 2 aliphatic rings. The Labute approximate surface area is 458 Å². The monoisotopic (exact) mass is 1070 g/mol. The number of rotatable bonds is 24. The van der Waals surface area contributed by atoms with Crippen LogP contribution in [0.4, 0.5) is 10.5 Å². The molecule has 16 heteroatoms. The maximum Gasteiger partial charge on any atom is 0.412 e. The molecule has 3 aromatic carbocycles. The second-order valence-electron chi connectivity index (χ2n) is 20.4. The largest absolute Gasteiger partial charge is 0.491 e. The van der Waals surface area contributed by atoms with Crippen LogP contribution in [0.2, 0.25) is 19.6 Å². The lowest BCUT2D eigenvalue weighted by atomic mass is 10.0. The SMILES string of the molecule is COCCOCCOCCOc1cccc(-c2c3nc(c(-c4ccc(NC(=O)OC(C)(C)C)cc4)c4ccc([nH]4)c(-c4cccc(OCCOCCOCCOC)c4)c4nc(c(C#C[Si](C)(C)C)c5ccc2[nH]5)C=C4)C=C3)c1. The highest BCUT2D eigenvalue weighted by Gasteiger charge is 2.21. The number of hydrogen-bond donors (Lipinski definition) is 3. The first-order valence-electron chi connectivity index (χ1n) is 26.3. The van der Waals surface area contributed by atoms with Gasteiger partial charge in [-0.1, -0.05) is 62.0 Å². The maximum absolute atomic E-state index is 12.8. The average Bonchev–Trinajstić information content (AvgIpc) is 4.31. The van der Waals surface area contributed by atoms with E-state index in [1.165, 1.54) is 0 Å². The van der Waals surface area contributed by atoms with Gasteiger partial charge in [0.1, 0.15) is 38.4 Å². The van der Waals surface area contributed by atoms with Crippen LogP contribution in [0.5, 0.6) is 11.5 Å². The van der Waals surface area contributed by atoms with Gasteiger partial charge in [-0.25, -0.2) is 14.8 Å². The van der Waals surface area contributed by atoms with Gasteiger partial charge in [0.25, 0.3) is 0 Å². The predicted octanol–water partition coefficient (Wildman–Crippen LogP) is 12.3. The van der Waals surface area contributed by atoms with E-state index in [0.717, 1.165) is 83.8 Å². The van der Waals surface area contributed by atoms with Gasteiger partial charge < -0.3 is 52.6 Å². The first kappa shape index (κ1) is 56.9. The maximum atomic E-state index is 12.8. The molecule has 0 unspecified atom stereocenters. The number of methoxy groups -OCH3 is 2. The fourth-order valence-electron chi connectivity index (χ4n) is 8.49. The van der Waals surface area contributed by atoms with Gasteiger partial charge in [-0.05, 0) is 122 Å². The Morgan fingerprint density at radius 1 is 0.526 bits per heavy atom. The molecule has 0 saturated carbocycles. The van der Waals surface area contributed by atoms with E-state index in [-0.39, 0.29) is 0 Å². The lowest BCUT2D eigenvalue weighted by Gasteiger charge is -2.19. The van der Waals surface area contributed by atoms with Gasteiger partial charge in [0.15, 0.2) is 0 Å². The number of aromatic nitrogens is 4. The van der Waals surface area contributed by atoms with Crippen molar-refractivity contribution < 1.29 is 47.4 Å². The molecule has 408 valence electrons. The normalized spacial score (nSPS) is 12.1. The standard InChI is InChI=1S/C62H71N5O10Si/c1-62(2,3)77-61(68)63-46-17-15-43(16-18-46)58-52-23-25-56(66-52)59(44-11-9-13-47(41-44)75-38-36-73-34-32-71-30-28-69-4)54-21-19-50(64-54)49(27-40-78(6,7)8)51-20-22-55(65-51)60(57-26-24-53(58)67-57)45-12-10-14-48(42-45)76-39-37-74-35-33-72-31-29-70-5/h9-26,41-42,64,67H,28-39H2,1-8H3,(H,63,68). The number of benzene rings is 3. The number of nitrogens with one attached hydrogen (secondary N) is 3. The van der Waals surface area contributed by atoms with E-state index in [9.17, 15) is 4.79 Å². The number of anilines is 1. The van der Waals surface area contributed by atoms with Crippen LogP contribution in [0.3, 0.4) is 0 Å². The summed E-state index contributed by atoms with van der Waals surface area (Å²) < 4.78 is 50.8. The molecule has 0 spiro atoms. The van der Waals surface area contributed by atoms with Crippen molar-refractivity contribution in [1.82, 2.24) is 19.9 Å². The number of nitrogens with zero attached hydrogens (tertiary/aromatic N) is 2. The number of carbonyl (C=O) groups excluding carboxylic acids is 1. The van der Waals surface area contributed by atoms with Crippen LogP contribution in [-0.4, -0.2) is 133 Å². The molecule has 2 aliphatic heterocycles. The van der Waals surface area contributed by atoms with Gasteiger partial charge >= 0.3 is 6.09 Å². The summed E-state index contributed by atoms with van der Waals surface area (Å²) in [6.45, 7) is 17.7. The van der Waals surface area contributed by atoms with Crippen LogP contribution in [0.1, 0.15) is 49.1 Å². The quantitative estimate of drug-likeness (QED) is 0.0298. The molecule has 0 saturated heterocycles. The number of hydrogen-bond acceptors (Lipinski definition) is 12. The molecule has 5 heterocycles. The van der Waals surface area contributed by atoms with Crippen molar-refractivity contribution in [3.63, 3.8) is 0 Å². The Morgan fingerprint density at radius 2 is 0.949 bits per heavy atom. The Bertz CT molecular complexity index is 3240. The lowest BCUT2D eigenvalue weighted by Crippen LogP contribution is -2.27. The van der Waals surface area contributed by atoms with Crippen LogP contribution in [0.25, 0.3) is 79.8 Å². The van der Waals surface area contributed by atoms with Crippen LogP contribution < -0.4 is 14.8 Å². The van der Waals surface area contributed by atoms with Crippen LogP contribution in [-0.2, 0) is 33.2 Å². The van der Waals surface area contributed by atoms with E-state index in [1.807, 2.05) is 99.7 Å². The van der Waals surface area contributed by atoms with E-state index in [2.05, 4.69) is 88.9 Å². The zero-order chi connectivity index (χ0) is 54.9. The zero-order valence-electron chi connectivity index (χ0n) is 46.0. The van der Waals surface area contributed by atoms with Gasteiger partial charge in [-0.15, -0.1) is 5.54 Å². The molecule has 78 heavy (non-hydrogen) atoms. The molecule has 0 aliphatic carbocycles. The van der Waals surface area contributed by atoms with Crippen LogP contribution >= 0.6 is 0 Å². The zero-order valence-corrected chi connectivity index (χ0v) is 47.0. The number of ether oxygens (including phenoxy) is 9. The summed E-state index contributed by atoms with van der Waals surface area (Å²) >= 11 is 0. The highest BCUT2D eigenvalue weighted by atomic mass is 28.3. The predicted molar refractivity (Wildman–Crippen MR) is 313 cm³/mol. The Kier molecular flexibility index (Phi) is 19.9.